The maximum Gasteiger partial charge on any atom is 0.649 e. The highest BCUT2D eigenvalue weighted by Crippen LogP contribution is 2.12. The second-order valence-electron chi connectivity index (χ2n) is 0.806. The minimum absolute atomic E-state index is 0.432. The molecule has 5 heteroatoms. The first-order chi connectivity index (χ1) is 2.89. The first-order valence-electron chi connectivity index (χ1n) is 1.47. The van der Waals surface area contributed by atoms with Crippen LogP contribution in [0.15, 0.2) is 0 Å². The van der Waals surface area contributed by atoms with Crippen molar-refractivity contribution in [2.45, 2.75) is 0 Å². The molecule has 0 aromatic carbocycles. The smallest absolute Gasteiger partial charge is 0.401 e. The lowest BCUT2D eigenvalue weighted by Gasteiger charge is -1.82. The summed E-state index contributed by atoms with van der Waals surface area (Å²) in [5, 5.41) is 8.26. The van der Waals surface area contributed by atoms with Crippen LogP contribution in [0.1, 0.15) is 0 Å². The van der Waals surface area contributed by atoms with Crippen LogP contribution < -0.4 is 0 Å². The second-order valence-corrected chi connectivity index (χ2v) is 1.47. The Labute approximate surface area is 40.0 Å². The highest BCUT2D eigenvalue weighted by Gasteiger charge is 2.22. The van der Waals surface area contributed by atoms with Gasteiger partial charge < -0.3 is 13.8 Å². The van der Waals surface area contributed by atoms with Gasteiger partial charge in [0.15, 0.2) is 0 Å². The van der Waals surface area contributed by atoms with E-state index >= 15 is 0 Å². The molecular formula is CH3BO3S. The fourth-order valence-electron chi connectivity index (χ4n) is 0.200. The standard InChI is InChI=1S/CH3BO3S/c3-2-4-1-6-5-2/h3H,1H2. The van der Waals surface area contributed by atoms with Crippen molar-refractivity contribution in [1.29, 1.82) is 0 Å². The molecule has 0 spiro atoms. The predicted octanol–water partition coefficient (Wildman–Crippen LogP) is -0.384. The molecule has 1 aliphatic rings. The van der Waals surface area contributed by atoms with Crippen LogP contribution in [-0.4, -0.2) is 18.3 Å². The van der Waals surface area contributed by atoms with E-state index in [2.05, 4.69) is 8.75 Å². The number of rotatable bonds is 0. The minimum Gasteiger partial charge on any atom is -0.401 e. The Morgan fingerprint density at radius 3 is 2.83 bits per heavy atom. The molecule has 0 unspecified atom stereocenters. The van der Waals surface area contributed by atoms with Crippen molar-refractivity contribution >= 4 is 19.4 Å². The summed E-state index contributed by atoms with van der Waals surface area (Å²) in [6.07, 6.45) is 0. The van der Waals surface area contributed by atoms with E-state index < -0.39 is 7.32 Å². The molecule has 1 heterocycles. The van der Waals surface area contributed by atoms with Crippen LogP contribution in [0.25, 0.3) is 0 Å². The summed E-state index contributed by atoms with van der Waals surface area (Å²) in [5.41, 5.74) is 0. The lowest BCUT2D eigenvalue weighted by molar-refractivity contribution is 0.272. The monoisotopic (exact) mass is 106 g/mol. The van der Waals surface area contributed by atoms with E-state index in [1.165, 1.54) is 0 Å². The van der Waals surface area contributed by atoms with Gasteiger partial charge in [-0.25, -0.2) is 0 Å². The van der Waals surface area contributed by atoms with Gasteiger partial charge in [-0.2, -0.15) is 0 Å². The van der Waals surface area contributed by atoms with Gasteiger partial charge in [0.05, 0.1) is 0 Å². The molecule has 6 heavy (non-hydrogen) atoms. The maximum absolute atomic E-state index is 8.26. The molecule has 0 amide bonds. The van der Waals surface area contributed by atoms with Gasteiger partial charge in [0.2, 0.25) is 0 Å². The quantitative estimate of drug-likeness (QED) is 0.337. The van der Waals surface area contributed by atoms with Gasteiger partial charge >= 0.3 is 7.32 Å². The lowest BCUT2D eigenvalue weighted by Crippen LogP contribution is -2.10. The van der Waals surface area contributed by atoms with Crippen LogP contribution in [0.4, 0.5) is 0 Å². The summed E-state index contributed by atoms with van der Waals surface area (Å²) in [5.74, 6) is 0.432. The van der Waals surface area contributed by atoms with E-state index in [4.69, 9.17) is 5.02 Å². The summed E-state index contributed by atoms with van der Waals surface area (Å²) < 4.78 is 8.85. The van der Waals surface area contributed by atoms with E-state index in [9.17, 15) is 0 Å². The molecule has 3 nitrogen and oxygen atoms in total. The van der Waals surface area contributed by atoms with Crippen LogP contribution in [-0.2, 0) is 8.75 Å². The molecule has 0 bridgehead atoms. The van der Waals surface area contributed by atoms with Crippen LogP contribution in [0.5, 0.6) is 0 Å². The summed E-state index contributed by atoms with van der Waals surface area (Å²) in [6, 6.07) is 0. The van der Waals surface area contributed by atoms with Gasteiger partial charge in [0.25, 0.3) is 0 Å². The number of hydrogen-bond donors (Lipinski definition) is 1. The zero-order valence-electron chi connectivity index (χ0n) is 2.96. The first kappa shape index (κ1) is 4.45. The fourth-order valence-corrected chi connectivity index (χ4v) is 0.599. The van der Waals surface area contributed by atoms with Gasteiger partial charge in [-0.1, -0.05) is 0 Å². The molecule has 34 valence electrons. The molecular weight excluding hydrogens is 103 g/mol. The summed E-state index contributed by atoms with van der Waals surface area (Å²) in [6.45, 7) is 0. The van der Waals surface area contributed by atoms with Crippen molar-refractivity contribution in [3.8, 4) is 0 Å². The summed E-state index contributed by atoms with van der Waals surface area (Å²) in [7, 11) is -0.991. The van der Waals surface area contributed by atoms with Gasteiger partial charge in [-0.05, 0) is 0 Å². The van der Waals surface area contributed by atoms with Crippen molar-refractivity contribution in [1.82, 2.24) is 0 Å². The van der Waals surface area contributed by atoms with Gasteiger partial charge in [0, 0.05) is 12.0 Å². The molecule has 0 atom stereocenters. The molecule has 1 saturated heterocycles. The first-order valence-corrected chi connectivity index (χ1v) is 2.38. The van der Waals surface area contributed by atoms with Gasteiger partial charge in [0.1, 0.15) is 5.94 Å². The zero-order valence-corrected chi connectivity index (χ0v) is 3.77. The highest BCUT2D eigenvalue weighted by atomic mass is 32.2. The van der Waals surface area contributed by atoms with Crippen molar-refractivity contribution < 1.29 is 13.8 Å². The average Bonchev–Trinajstić information content (AvgIpc) is 1.86. The fraction of sp³-hybridized carbons (Fsp3) is 1.00. The van der Waals surface area contributed by atoms with Gasteiger partial charge in [-0.3, -0.25) is 0 Å². The van der Waals surface area contributed by atoms with E-state index in [-0.39, 0.29) is 0 Å². The SMILES string of the molecule is OB1OCSO1. The molecule has 1 N–H and O–H groups in total. The third-order valence-electron chi connectivity index (χ3n) is 0.409. The Kier molecular flexibility index (Phi) is 1.36. The normalized spacial score (nSPS) is 22.5. The average molecular weight is 106 g/mol. The Bertz CT molecular complexity index is 44.1. The lowest BCUT2D eigenvalue weighted by atomic mass is 10.3. The van der Waals surface area contributed by atoms with Crippen LogP contribution in [0.2, 0.25) is 0 Å². The van der Waals surface area contributed by atoms with Crippen molar-refractivity contribution in [2.24, 2.45) is 0 Å². The molecule has 0 aliphatic carbocycles. The third kappa shape index (κ3) is 0.876. The Balaban J connectivity index is 2.18. The minimum atomic E-state index is -0.991. The molecule has 1 fully saturated rings. The van der Waals surface area contributed by atoms with Crippen molar-refractivity contribution in [3.63, 3.8) is 0 Å². The molecule has 1 rings (SSSR count). The largest absolute Gasteiger partial charge is 0.649 e. The molecule has 0 saturated carbocycles. The molecule has 1 aliphatic heterocycles. The topological polar surface area (TPSA) is 38.7 Å². The Morgan fingerprint density at radius 2 is 2.67 bits per heavy atom. The predicted molar refractivity (Wildman–Crippen MR) is 22.6 cm³/mol. The summed E-state index contributed by atoms with van der Waals surface area (Å²) in [4.78, 5) is 0. The van der Waals surface area contributed by atoms with Crippen molar-refractivity contribution in [3.05, 3.63) is 0 Å². The maximum atomic E-state index is 8.26. The van der Waals surface area contributed by atoms with Crippen LogP contribution in [0, 0.1) is 0 Å². The summed E-state index contributed by atoms with van der Waals surface area (Å²) >= 11 is 1.11. The second kappa shape index (κ2) is 1.84. The van der Waals surface area contributed by atoms with Crippen molar-refractivity contribution in [2.75, 3.05) is 5.94 Å². The van der Waals surface area contributed by atoms with E-state index in [1.54, 1.807) is 0 Å². The number of hydrogen-bond acceptors (Lipinski definition) is 4. The third-order valence-corrected chi connectivity index (χ3v) is 0.942. The van der Waals surface area contributed by atoms with E-state index in [0.717, 1.165) is 12.0 Å². The van der Waals surface area contributed by atoms with Gasteiger partial charge in [-0.15, -0.1) is 0 Å². The Morgan fingerprint density at radius 1 is 1.83 bits per heavy atom. The van der Waals surface area contributed by atoms with Crippen LogP contribution in [0.3, 0.4) is 0 Å². The van der Waals surface area contributed by atoms with E-state index in [0.29, 0.717) is 5.94 Å². The highest BCUT2D eigenvalue weighted by molar-refractivity contribution is 7.95. The zero-order chi connectivity index (χ0) is 4.41. The molecule has 0 radical (unpaired) electrons. The Hall–Kier alpha value is 0.295. The van der Waals surface area contributed by atoms with Crippen LogP contribution >= 0.6 is 12.0 Å². The molecule has 0 aromatic heterocycles. The molecule has 0 aromatic rings. The van der Waals surface area contributed by atoms with E-state index in [1.807, 2.05) is 0 Å².